The number of pyridine rings is 1. The predicted molar refractivity (Wildman–Crippen MR) is 113 cm³/mol. The fraction of sp³-hybridized carbons (Fsp3) is 0.474. The molecule has 173 valence electrons. The standard InChI is InChI=1S/C6H11O.C5H5N.2C4H8N2O2.Co/c1-6-4-2-3-5-7-6;1-2-4-6-5-3-1;2*1-3(5-7)4(2)6-8;/h6H,1-5H2;1-5H;2*7-8H,1-2H3;/q-1;;;;/b;;5-3+,6-4+;5-3-,6-4+;. The Kier molecular flexibility index (Phi) is 24.4. The van der Waals surface area contributed by atoms with E-state index in [9.17, 15) is 0 Å². The summed E-state index contributed by atoms with van der Waals surface area (Å²) in [5.41, 5.74) is 1.25. The first kappa shape index (κ1) is 32.2. The van der Waals surface area contributed by atoms with Gasteiger partial charge in [0.05, 0.1) is 0 Å². The van der Waals surface area contributed by atoms with Crippen LogP contribution in [0.1, 0.15) is 47.0 Å². The summed E-state index contributed by atoms with van der Waals surface area (Å²) in [6.07, 6.45) is 7.47. The van der Waals surface area contributed by atoms with Crippen LogP contribution in [-0.4, -0.2) is 61.4 Å². The molecule has 0 aromatic carbocycles. The number of nitrogens with zero attached hydrogens (tertiary/aromatic N) is 5. The van der Waals surface area contributed by atoms with E-state index in [-0.39, 0.29) is 22.9 Å². The molecule has 2 heterocycles. The van der Waals surface area contributed by atoms with Gasteiger partial charge in [0.2, 0.25) is 0 Å². The molecule has 4 N–H and O–H groups in total. The Balaban J connectivity index is -0.000000321. The van der Waals surface area contributed by atoms with Gasteiger partial charge in [-0.1, -0.05) is 45.6 Å². The summed E-state index contributed by atoms with van der Waals surface area (Å²) in [6, 6.07) is 5.72. The van der Waals surface area contributed by atoms with Crippen LogP contribution in [-0.2, 0) is 21.5 Å². The molecule has 0 spiro atoms. The number of hydrogen-bond acceptors (Lipinski definition) is 10. The number of hydrogen-bond donors (Lipinski definition) is 4. The minimum atomic E-state index is 0. The fourth-order valence-electron chi connectivity index (χ4n) is 1.41. The molecule has 0 bridgehead atoms. The molecule has 1 aromatic rings. The third-order valence-electron chi connectivity index (χ3n) is 3.49. The molecule has 1 saturated heterocycles. The molecule has 1 aliphatic heterocycles. The van der Waals surface area contributed by atoms with Gasteiger partial charge < -0.3 is 32.5 Å². The van der Waals surface area contributed by atoms with E-state index in [1.165, 1.54) is 40.5 Å². The van der Waals surface area contributed by atoms with Gasteiger partial charge in [0.25, 0.3) is 0 Å². The van der Waals surface area contributed by atoms with Crippen molar-refractivity contribution in [2.75, 3.05) is 6.61 Å². The summed E-state index contributed by atoms with van der Waals surface area (Å²) in [4.78, 5) is 3.78. The smallest absolute Gasteiger partial charge is 0.101 e. The van der Waals surface area contributed by atoms with Crippen LogP contribution in [0, 0.1) is 6.92 Å². The van der Waals surface area contributed by atoms with Crippen molar-refractivity contribution in [3.8, 4) is 0 Å². The Morgan fingerprint density at radius 3 is 1.33 bits per heavy atom. The first-order valence-corrected chi connectivity index (χ1v) is 8.89. The van der Waals surface area contributed by atoms with Gasteiger partial charge in [-0.05, 0) is 46.2 Å². The maximum Gasteiger partial charge on any atom is 0.101 e. The molecule has 2 rings (SSSR count). The summed E-state index contributed by atoms with van der Waals surface area (Å²) in [5.74, 6) is 0. The van der Waals surface area contributed by atoms with Crippen LogP contribution in [0.25, 0.3) is 0 Å². The summed E-state index contributed by atoms with van der Waals surface area (Å²) in [5, 5.41) is 43.3. The molecule has 1 radical (unpaired) electrons. The zero-order chi connectivity index (χ0) is 22.5. The Labute approximate surface area is 188 Å². The van der Waals surface area contributed by atoms with Crippen molar-refractivity contribution < 1.29 is 42.3 Å². The van der Waals surface area contributed by atoms with Crippen molar-refractivity contribution in [3.05, 3.63) is 37.5 Å². The van der Waals surface area contributed by atoms with Crippen LogP contribution >= 0.6 is 0 Å². The van der Waals surface area contributed by atoms with Gasteiger partial charge in [-0.15, -0.1) is 0 Å². The zero-order valence-corrected chi connectivity index (χ0v) is 18.8. The van der Waals surface area contributed by atoms with E-state index in [1.54, 1.807) is 12.4 Å². The Morgan fingerprint density at radius 2 is 1.20 bits per heavy atom. The predicted octanol–water partition coefficient (Wildman–Crippen LogP) is 3.84. The van der Waals surface area contributed by atoms with Crippen molar-refractivity contribution in [2.24, 2.45) is 20.6 Å². The van der Waals surface area contributed by atoms with Crippen LogP contribution in [0.3, 0.4) is 0 Å². The van der Waals surface area contributed by atoms with E-state index >= 15 is 0 Å². The molecule has 1 unspecified atom stereocenters. The number of aromatic nitrogens is 1. The molecule has 30 heavy (non-hydrogen) atoms. The Morgan fingerprint density at radius 1 is 0.800 bits per heavy atom. The number of rotatable bonds is 2. The first-order valence-electron chi connectivity index (χ1n) is 8.89. The summed E-state index contributed by atoms with van der Waals surface area (Å²) in [6.45, 7) is 10.8. The average Bonchev–Trinajstić information content (AvgIpc) is 2.79. The molecule has 0 saturated carbocycles. The summed E-state index contributed by atoms with van der Waals surface area (Å²) >= 11 is 0. The third-order valence-corrected chi connectivity index (χ3v) is 3.49. The second kappa shape index (κ2) is 22.8. The monoisotopic (exact) mass is 469 g/mol. The van der Waals surface area contributed by atoms with Gasteiger partial charge >= 0.3 is 0 Å². The maximum absolute atomic E-state index is 8.03. The van der Waals surface area contributed by atoms with Crippen molar-refractivity contribution in [3.63, 3.8) is 0 Å². The van der Waals surface area contributed by atoms with Gasteiger partial charge in [0, 0.05) is 35.8 Å². The maximum atomic E-state index is 8.03. The van der Waals surface area contributed by atoms with E-state index in [0.29, 0.717) is 22.8 Å². The quantitative estimate of drug-likeness (QED) is 0.223. The molecule has 1 aromatic heterocycles. The molecule has 11 heteroatoms. The van der Waals surface area contributed by atoms with E-state index in [0.717, 1.165) is 13.0 Å². The number of ether oxygens (including phenoxy) is 1. The van der Waals surface area contributed by atoms with Gasteiger partial charge in [-0.3, -0.25) is 4.98 Å². The minimum Gasteiger partial charge on any atom is -0.411 e. The molecule has 0 aliphatic carbocycles. The van der Waals surface area contributed by atoms with Crippen LogP contribution in [0.15, 0.2) is 51.2 Å². The second-order valence-electron chi connectivity index (χ2n) is 5.75. The molecular formula is C19H32CoN5O5-. The SMILES string of the molecule is CC(=N/O)/C(C)=N/O.CC(=N\O)/C(C)=N/O.[CH2-]C1CCCCO1.[Co].c1ccncc1. The van der Waals surface area contributed by atoms with Gasteiger partial charge in [0.15, 0.2) is 0 Å². The molecule has 1 atom stereocenters. The van der Waals surface area contributed by atoms with Crippen LogP contribution in [0.4, 0.5) is 0 Å². The van der Waals surface area contributed by atoms with Gasteiger partial charge in [-0.25, -0.2) is 0 Å². The van der Waals surface area contributed by atoms with Crippen LogP contribution < -0.4 is 0 Å². The summed E-state index contributed by atoms with van der Waals surface area (Å²) in [7, 11) is 0. The normalized spacial score (nSPS) is 16.9. The zero-order valence-electron chi connectivity index (χ0n) is 17.8. The molecule has 10 nitrogen and oxygen atoms in total. The first-order chi connectivity index (χ1) is 13.8. The minimum absolute atomic E-state index is 0. The van der Waals surface area contributed by atoms with Gasteiger partial charge in [0.1, 0.15) is 22.8 Å². The molecule has 0 amide bonds. The largest absolute Gasteiger partial charge is 0.411 e. The Hall–Kier alpha value is -2.50. The van der Waals surface area contributed by atoms with E-state index in [1.807, 2.05) is 18.2 Å². The van der Waals surface area contributed by atoms with Crippen molar-refractivity contribution >= 4 is 22.8 Å². The average molecular weight is 469 g/mol. The fourth-order valence-corrected chi connectivity index (χ4v) is 1.41. The molecular weight excluding hydrogens is 437 g/mol. The molecule has 1 aliphatic rings. The Bertz CT molecular complexity index is 543. The van der Waals surface area contributed by atoms with Crippen molar-refractivity contribution in [1.29, 1.82) is 0 Å². The second-order valence-corrected chi connectivity index (χ2v) is 5.75. The molecule has 1 fully saturated rings. The van der Waals surface area contributed by atoms with Crippen LogP contribution in [0.2, 0.25) is 0 Å². The topological polar surface area (TPSA) is 152 Å². The van der Waals surface area contributed by atoms with Crippen molar-refractivity contribution in [1.82, 2.24) is 4.98 Å². The number of oxime groups is 4. The van der Waals surface area contributed by atoms with Gasteiger partial charge in [-0.2, -0.15) is 0 Å². The van der Waals surface area contributed by atoms with E-state index < -0.39 is 0 Å². The van der Waals surface area contributed by atoms with E-state index in [2.05, 4.69) is 32.5 Å². The summed E-state index contributed by atoms with van der Waals surface area (Å²) < 4.78 is 5.17. The van der Waals surface area contributed by atoms with Crippen LogP contribution in [0.5, 0.6) is 0 Å². The van der Waals surface area contributed by atoms with E-state index in [4.69, 9.17) is 25.6 Å². The van der Waals surface area contributed by atoms with Crippen molar-refractivity contribution in [2.45, 2.75) is 53.1 Å². The third kappa shape index (κ3) is 20.2.